The number of hydrogen-bond acceptors (Lipinski definition) is 6. The van der Waals surface area contributed by atoms with Crippen LogP contribution in [0.25, 0.3) is 0 Å². The number of ether oxygens (including phenoxy) is 1. The molecule has 2 N–H and O–H groups in total. The number of carbonyl (C=O) groups excluding carboxylic acids is 4. The average Bonchev–Trinajstić information content (AvgIpc) is 3.42. The van der Waals surface area contributed by atoms with Crippen molar-refractivity contribution < 1.29 is 28.3 Å². The van der Waals surface area contributed by atoms with E-state index in [0.717, 1.165) is 34.6 Å². The van der Waals surface area contributed by atoms with Crippen LogP contribution < -0.4 is 10.6 Å². The lowest BCUT2D eigenvalue weighted by atomic mass is 9.87. The minimum absolute atomic E-state index is 0.210. The number of benzene rings is 1. The largest absolute Gasteiger partial charge is 0.462 e. The molecular weight excluding hydrogens is 449 g/mol. The fraction of sp³-hybridized carbons (Fsp3) is 0.391. The molecule has 1 aliphatic heterocycles. The van der Waals surface area contributed by atoms with E-state index in [2.05, 4.69) is 10.6 Å². The molecule has 10 heteroatoms. The van der Waals surface area contributed by atoms with E-state index in [4.69, 9.17) is 4.74 Å². The summed E-state index contributed by atoms with van der Waals surface area (Å²) in [5, 5.41) is 5.73. The second-order valence-corrected chi connectivity index (χ2v) is 9.02. The predicted octanol–water partition coefficient (Wildman–Crippen LogP) is 3.35. The number of anilines is 1. The maximum absolute atomic E-state index is 13.4. The standard InChI is InChI=1S/C23H24FN3O5S/c1-3-23(13-8-10-14(24)11-9-13)21(30)27(22(31)26-23)12-17(28)25-19-18(20(29)32-4-2)15-6-5-7-16(15)33-19/h8-11H,3-7,12H2,1-2H3,(H,25,28)(H,26,31). The zero-order valence-corrected chi connectivity index (χ0v) is 19.1. The van der Waals surface area contributed by atoms with Crippen molar-refractivity contribution in [3.63, 3.8) is 0 Å². The van der Waals surface area contributed by atoms with E-state index < -0.39 is 41.7 Å². The highest BCUT2D eigenvalue weighted by Gasteiger charge is 2.51. The van der Waals surface area contributed by atoms with Gasteiger partial charge in [0.1, 0.15) is 22.9 Å². The zero-order valence-electron chi connectivity index (χ0n) is 18.3. The molecule has 0 bridgehead atoms. The van der Waals surface area contributed by atoms with Crippen LogP contribution >= 0.6 is 11.3 Å². The SMILES string of the molecule is CCOC(=O)c1c(NC(=O)CN2C(=O)NC(CC)(c3ccc(F)cc3)C2=O)sc2c1CCC2. The summed E-state index contributed by atoms with van der Waals surface area (Å²) in [5.41, 5.74) is 0.316. The van der Waals surface area contributed by atoms with Crippen molar-refractivity contribution in [2.24, 2.45) is 0 Å². The van der Waals surface area contributed by atoms with Crippen LogP contribution in [0, 0.1) is 5.82 Å². The van der Waals surface area contributed by atoms with E-state index in [1.807, 2.05) is 0 Å². The fourth-order valence-electron chi connectivity index (χ4n) is 4.36. The summed E-state index contributed by atoms with van der Waals surface area (Å²) in [6, 6.07) is 4.61. The molecule has 1 atom stereocenters. The predicted molar refractivity (Wildman–Crippen MR) is 120 cm³/mol. The molecule has 4 rings (SSSR count). The van der Waals surface area contributed by atoms with E-state index >= 15 is 0 Å². The van der Waals surface area contributed by atoms with Crippen LogP contribution in [0.1, 0.15) is 53.1 Å². The van der Waals surface area contributed by atoms with Gasteiger partial charge in [-0.15, -0.1) is 11.3 Å². The number of amides is 4. The van der Waals surface area contributed by atoms with Crippen LogP contribution in [0.3, 0.4) is 0 Å². The second kappa shape index (κ2) is 8.93. The first kappa shape index (κ1) is 22.9. The van der Waals surface area contributed by atoms with E-state index in [1.165, 1.54) is 35.6 Å². The number of fused-ring (bicyclic) bond motifs is 1. The lowest BCUT2D eigenvalue weighted by molar-refractivity contribution is -0.134. The van der Waals surface area contributed by atoms with Crippen molar-refractivity contribution >= 4 is 40.2 Å². The number of rotatable bonds is 7. The molecule has 1 aliphatic carbocycles. The summed E-state index contributed by atoms with van der Waals surface area (Å²) in [5.74, 6) is -2.15. The number of hydrogen-bond donors (Lipinski definition) is 2. The summed E-state index contributed by atoms with van der Waals surface area (Å²) in [6.07, 6.45) is 2.73. The van der Waals surface area contributed by atoms with Gasteiger partial charge in [0.15, 0.2) is 0 Å². The third-order valence-electron chi connectivity index (χ3n) is 6.00. The van der Waals surface area contributed by atoms with Gasteiger partial charge in [-0.25, -0.2) is 14.0 Å². The van der Waals surface area contributed by atoms with Gasteiger partial charge < -0.3 is 15.4 Å². The Morgan fingerprint density at radius 3 is 2.61 bits per heavy atom. The number of nitrogens with one attached hydrogen (secondary N) is 2. The highest BCUT2D eigenvalue weighted by atomic mass is 32.1. The Hall–Kier alpha value is -3.27. The van der Waals surface area contributed by atoms with Crippen LogP contribution in [0.15, 0.2) is 24.3 Å². The summed E-state index contributed by atoms with van der Waals surface area (Å²) in [7, 11) is 0. The second-order valence-electron chi connectivity index (χ2n) is 7.92. The first-order valence-corrected chi connectivity index (χ1v) is 11.6. The summed E-state index contributed by atoms with van der Waals surface area (Å²) >= 11 is 1.32. The molecule has 0 saturated carbocycles. The summed E-state index contributed by atoms with van der Waals surface area (Å²) < 4.78 is 18.5. The Kier molecular flexibility index (Phi) is 6.20. The molecule has 1 aromatic heterocycles. The van der Waals surface area contributed by atoms with Crippen molar-refractivity contribution in [2.75, 3.05) is 18.5 Å². The van der Waals surface area contributed by atoms with Crippen LogP contribution in [0.4, 0.5) is 14.2 Å². The number of urea groups is 1. The van der Waals surface area contributed by atoms with Crippen molar-refractivity contribution in [1.29, 1.82) is 0 Å². The molecule has 33 heavy (non-hydrogen) atoms. The van der Waals surface area contributed by atoms with Gasteiger partial charge in [-0.05, 0) is 55.9 Å². The summed E-state index contributed by atoms with van der Waals surface area (Å²) in [4.78, 5) is 53.0. The Balaban J connectivity index is 1.54. The monoisotopic (exact) mass is 473 g/mol. The van der Waals surface area contributed by atoms with Crippen molar-refractivity contribution in [1.82, 2.24) is 10.2 Å². The molecule has 2 heterocycles. The zero-order chi connectivity index (χ0) is 23.8. The third-order valence-corrected chi connectivity index (χ3v) is 7.21. The van der Waals surface area contributed by atoms with Crippen molar-refractivity contribution in [3.8, 4) is 0 Å². The maximum atomic E-state index is 13.4. The molecule has 1 fully saturated rings. The number of carbonyl (C=O) groups is 4. The molecule has 2 aromatic rings. The molecular formula is C23H24FN3O5S. The van der Waals surface area contributed by atoms with Crippen LogP contribution in [0.5, 0.6) is 0 Å². The van der Waals surface area contributed by atoms with Crippen LogP contribution in [-0.2, 0) is 32.7 Å². The van der Waals surface area contributed by atoms with Gasteiger partial charge in [0, 0.05) is 4.88 Å². The van der Waals surface area contributed by atoms with Gasteiger partial charge in [-0.1, -0.05) is 19.1 Å². The van der Waals surface area contributed by atoms with E-state index in [-0.39, 0.29) is 13.0 Å². The first-order chi connectivity index (χ1) is 15.8. The highest BCUT2D eigenvalue weighted by Crippen LogP contribution is 2.39. The number of aryl methyl sites for hydroxylation is 1. The Bertz CT molecular complexity index is 1130. The fourth-order valence-corrected chi connectivity index (χ4v) is 5.66. The maximum Gasteiger partial charge on any atom is 0.341 e. The minimum Gasteiger partial charge on any atom is -0.462 e. The molecule has 174 valence electrons. The number of nitrogens with zero attached hydrogens (tertiary/aromatic N) is 1. The quantitative estimate of drug-likeness (QED) is 0.474. The Labute approximate surface area is 194 Å². The average molecular weight is 474 g/mol. The molecule has 4 amide bonds. The van der Waals surface area contributed by atoms with Gasteiger partial charge in [0.25, 0.3) is 5.91 Å². The Morgan fingerprint density at radius 1 is 1.21 bits per heavy atom. The van der Waals surface area contributed by atoms with E-state index in [1.54, 1.807) is 13.8 Å². The van der Waals surface area contributed by atoms with Crippen LogP contribution in [0.2, 0.25) is 0 Å². The number of thiophene rings is 1. The highest BCUT2D eigenvalue weighted by molar-refractivity contribution is 7.17. The van der Waals surface area contributed by atoms with Gasteiger partial charge in [0.05, 0.1) is 12.2 Å². The third kappa shape index (κ3) is 3.99. The number of esters is 1. The van der Waals surface area contributed by atoms with Crippen molar-refractivity contribution in [3.05, 3.63) is 51.7 Å². The molecule has 0 spiro atoms. The molecule has 1 unspecified atom stereocenters. The number of halogens is 1. The van der Waals surface area contributed by atoms with Crippen molar-refractivity contribution in [2.45, 2.75) is 45.1 Å². The molecule has 1 aromatic carbocycles. The van der Waals surface area contributed by atoms with Gasteiger partial charge >= 0.3 is 12.0 Å². The lowest BCUT2D eigenvalue weighted by Crippen LogP contribution is -2.44. The number of imide groups is 1. The molecule has 8 nitrogen and oxygen atoms in total. The van der Waals surface area contributed by atoms with Gasteiger partial charge in [0.2, 0.25) is 5.91 Å². The van der Waals surface area contributed by atoms with E-state index in [9.17, 15) is 23.6 Å². The topological polar surface area (TPSA) is 105 Å². The first-order valence-electron chi connectivity index (χ1n) is 10.8. The lowest BCUT2D eigenvalue weighted by Gasteiger charge is -2.25. The Morgan fingerprint density at radius 2 is 1.94 bits per heavy atom. The van der Waals surface area contributed by atoms with Crippen LogP contribution in [-0.4, -0.2) is 41.9 Å². The molecule has 0 radical (unpaired) electrons. The smallest absolute Gasteiger partial charge is 0.341 e. The molecule has 1 saturated heterocycles. The van der Waals surface area contributed by atoms with E-state index in [0.29, 0.717) is 16.1 Å². The van der Waals surface area contributed by atoms with Gasteiger partial charge in [-0.3, -0.25) is 14.5 Å². The minimum atomic E-state index is -1.37. The molecule has 2 aliphatic rings. The summed E-state index contributed by atoms with van der Waals surface area (Å²) in [6.45, 7) is 3.13. The van der Waals surface area contributed by atoms with Gasteiger partial charge in [-0.2, -0.15) is 0 Å². The normalized spacial score (nSPS) is 19.4.